The minimum absolute atomic E-state index is 0.0449. The fraction of sp³-hybridized carbons (Fsp3) is 0.417. The van der Waals surface area contributed by atoms with Crippen LogP contribution in [0.1, 0.15) is 24.9 Å². The molecule has 17 heavy (non-hydrogen) atoms. The number of aromatic nitrogens is 1. The van der Waals surface area contributed by atoms with Crippen LogP contribution in [-0.2, 0) is 7.05 Å². The van der Waals surface area contributed by atoms with Gasteiger partial charge in [-0.25, -0.2) is 4.79 Å². The molecule has 92 valence electrons. The molecule has 0 saturated carbocycles. The van der Waals surface area contributed by atoms with Gasteiger partial charge in [0.15, 0.2) is 5.58 Å². The van der Waals surface area contributed by atoms with Gasteiger partial charge in [0.05, 0.1) is 5.52 Å². The fourth-order valence-corrected chi connectivity index (χ4v) is 1.92. The Bertz CT molecular complexity index is 583. The van der Waals surface area contributed by atoms with Crippen molar-refractivity contribution in [3.05, 3.63) is 34.3 Å². The Labute approximate surface area is 99.0 Å². The first-order chi connectivity index (χ1) is 7.99. The van der Waals surface area contributed by atoms with E-state index < -0.39 is 0 Å². The molecule has 1 aromatic heterocycles. The lowest BCUT2D eigenvalue weighted by Gasteiger charge is -2.14. The summed E-state index contributed by atoms with van der Waals surface area (Å²) in [4.78, 5) is 11.3. The molecule has 0 aliphatic rings. The Kier molecular flexibility index (Phi) is 3.04. The molecule has 1 aromatic carbocycles. The molecule has 0 spiro atoms. The Morgan fingerprint density at radius 1 is 1.41 bits per heavy atom. The maximum absolute atomic E-state index is 11.3. The molecule has 2 rings (SSSR count). The molecule has 0 bridgehead atoms. The summed E-state index contributed by atoms with van der Waals surface area (Å²) in [5, 5.41) is 0. The van der Waals surface area contributed by atoms with Crippen LogP contribution in [0.25, 0.3) is 11.1 Å². The minimum atomic E-state index is -0.363. The van der Waals surface area contributed by atoms with E-state index in [2.05, 4.69) is 0 Å². The highest BCUT2D eigenvalue weighted by Gasteiger charge is 2.12. The first-order valence-electron chi connectivity index (χ1n) is 5.59. The number of rotatable bonds is 3. The maximum Gasteiger partial charge on any atom is 0.419 e. The molecule has 0 saturated heterocycles. The molecule has 0 radical (unpaired) electrons. The van der Waals surface area contributed by atoms with Gasteiger partial charge in [-0.1, -0.05) is 6.07 Å². The summed E-state index contributed by atoms with van der Waals surface area (Å²) in [6, 6.07) is 5.47. The lowest BCUT2D eigenvalue weighted by atomic mass is 10.0. The Hall–Kier alpha value is -1.59. The second kappa shape index (κ2) is 4.35. The highest BCUT2D eigenvalue weighted by molar-refractivity contribution is 5.73. The van der Waals surface area contributed by atoms with Crippen molar-refractivity contribution in [2.24, 2.45) is 18.5 Å². The molecular formula is C12H17N3O2. The first kappa shape index (κ1) is 11.9. The quantitative estimate of drug-likeness (QED) is 0.826. The molecule has 4 N–H and O–H groups in total. The van der Waals surface area contributed by atoms with E-state index in [4.69, 9.17) is 15.9 Å². The van der Waals surface area contributed by atoms with Gasteiger partial charge < -0.3 is 15.9 Å². The second-order valence-electron chi connectivity index (χ2n) is 4.47. The van der Waals surface area contributed by atoms with Crippen LogP contribution < -0.4 is 17.2 Å². The standard InChI is InChI=1S/C12H17N3O2/c1-7(13)5-9(14)8-3-4-10-11(6-8)17-12(16)15(10)2/h3-4,6-7,9H,5,13-14H2,1-2H3. The number of hydrogen-bond acceptors (Lipinski definition) is 4. The van der Waals surface area contributed by atoms with E-state index in [-0.39, 0.29) is 17.8 Å². The second-order valence-corrected chi connectivity index (χ2v) is 4.47. The van der Waals surface area contributed by atoms with Gasteiger partial charge >= 0.3 is 5.76 Å². The fourth-order valence-electron chi connectivity index (χ4n) is 1.92. The van der Waals surface area contributed by atoms with E-state index in [0.717, 1.165) is 11.1 Å². The molecule has 2 unspecified atom stereocenters. The summed E-state index contributed by atoms with van der Waals surface area (Å²) >= 11 is 0. The van der Waals surface area contributed by atoms with Crippen molar-refractivity contribution in [3.8, 4) is 0 Å². The molecule has 5 heteroatoms. The van der Waals surface area contributed by atoms with Crippen molar-refractivity contribution in [1.82, 2.24) is 4.57 Å². The lowest BCUT2D eigenvalue weighted by molar-refractivity contribution is 0.526. The van der Waals surface area contributed by atoms with Crippen molar-refractivity contribution < 1.29 is 4.42 Å². The molecule has 0 aliphatic heterocycles. The lowest BCUT2D eigenvalue weighted by Crippen LogP contribution is -2.23. The van der Waals surface area contributed by atoms with Crippen LogP contribution in [0.5, 0.6) is 0 Å². The summed E-state index contributed by atoms with van der Waals surface area (Å²) in [6.07, 6.45) is 0.697. The molecular weight excluding hydrogens is 218 g/mol. The van der Waals surface area contributed by atoms with Gasteiger partial charge in [0.1, 0.15) is 0 Å². The summed E-state index contributed by atoms with van der Waals surface area (Å²) in [5.74, 6) is -0.363. The zero-order valence-electron chi connectivity index (χ0n) is 10.0. The Balaban J connectivity index is 2.41. The number of hydrogen-bond donors (Lipinski definition) is 2. The molecule has 1 heterocycles. The van der Waals surface area contributed by atoms with Crippen molar-refractivity contribution in [1.29, 1.82) is 0 Å². The van der Waals surface area contributed by atoms with Gasteiger partial charge in [-0.05, 0) is 31.0 Å². The van der Waals surface area contributed by atoms with E-state index in [1.54, 1.807) is 7.05 Å². The summed E-state index contributed by atoms with van der Waals surface area (Å²) in [6.45, 7) is 1.92. The third kappa shape index (κ3) is 2.25. The summed E-state index contributed by atoms with van der Waals surface area (Å²) < 4.78 is 6.58. The average Bonchev–Trinajstić information content (AvgIpc) is 2.53. The van der Waals surface area contributed by atoms with E-state index >= 15 is 0 Å². The third-order valence-corrected chi connectivity index (χ3v) is 2.87. The van der Waals surface area contributed by atoms with Gasteiger partial charge in [0.2, 0.25) is 0 Å². The summed E-state index contributed by atoms with van der Waals surface area (Å²) in [5.41, 5.74) is 14.0. The van der Waals surface area contributed by atoms with Crippen LogP contribution in [0.4, 0.5) is 0 Å². The van der Waals surface area contributed by atoms with Gasteiger partial charge in [0, 0.05) is 19.1 Å². The number of benzene rings is 1. The van der Waals surface area contributed by atoms with Gasteiger partial charge in [-0.15, -0.1) is 0 Å². The SMILES string of the molecule is CC(N)CC(N)c1ccc2c(c1)oc(=O)n2C. The highest BCUT2D eigenvalue weighted by Crippen LogP contribution is 2.20. The summed E-state index contributed by atoms with van der Waals surface area (Å²) in [7, 11) is 1.68. The van der Waals surface area contributed by atoms with Gasteiger partial charge in [-0.2, -0.15) is 0 Å². The Morgan fingerprint density at radius 2 is 2.12 bits per heavy atom. The predicted molar refractivity (Wildman–Crippen MR) is 66.6 cm³/mol. The maximum atomic E-state index is 11.3. The smallest absolute Gasteiger partial charge is 0.408 e. The number of aryl methyl sites for hydroxylation is 1. The highest BCUT2D eigenvalue weighted by atomic mass is 16.4. The topological polar surface area (TPSA) is 87.2 Å². The molecule has 2 aromatic rings. The van der Waals surface area contributed by atoms with Crippen molar-refractivity contribution in [3.63, 3.8) is 0 Å². The molecule has 0 aliphatic carbocycles. The normalized spacial score (nSPS) is 15.1. The van der Waals surface area contributed by atoms with E-state index in [0.29, 0.717) is 12.0 Å². The van der Waals surface area contributed by atoms with Gasteiger partial charge in [-0.3, -0.25) is 4.57 Å². The number of nitrogens with zero attached hydrogens (tertiary/aromatic N) is 1. The molecule has 0 fully saturated rings. The van der Waals surface area contributed by atoms with Crippen LogP contribution in [0, 0.1) is 0 Å². The van der Waals surface area contributed by atoms with Crippen LogP contribution in [0.3, 0.4) is 0 Å². The zero-order chi connectivity index (χ0) is 12.6. The van der Waals surface area contributed by atoms with Crippen LogP contribution in [0.15, 0.2) is 27.4 Å². The Morgan fingerprint density at radius 3 is 2.76 bits per heavy atom. The van der Waals surface area contributed by atoms with Crippen LogP contribution >= 0.6 is 0 Å². The van der Waals surface area contributed by atoms with Crippen molar-refractivity contribution >= 4 is 11.1 Å². The minimum Gasteiger partial charge on any atom is -0.408 e. The van der Waals surface area contributed by atoms with Crippen molar-refractivity contribution in [2.75, 3.05) is 0 Å². The van der Waals surface area contributed by atoms with Crippen LogP contribution in [-0.4, -0.2) is 10.6 Å². The van der Waals surface area contributed by atoms with E-state index in [1.165, 1.54) is 4.57 Å². The van der Waals surface area contributed by atoms with E-state index in [1.807, 2.05) is 25.1 Å². The number of fused-ring (bicyclic) bond motifs is 1. The zero-order valence-corrected chi connectivity index (χ0v) is 10.0. The third-order valence-electron chi connectivity index (χ3n) is 2.87. The predicted octanol–water partition coefficient (Wildman–Crippen LogP) is 0.869. The monoisotopic (exact) mass is 235 g/mol. The van der Waals surface area contributed by atoms with Crippen molar-refractivity contribution in [2.45, 2.75) is 25.4 Å². The first-order valence-corrected chi connectivity index (χ1v) is 5.59. The van der Waals surface area contributed by atoms with E-state index in [9.17, 15) is 4.79 Å². The number of nitrogens with two attached hydrogens (primary N) is 2. The molecule has 2 atom stereocenters. The van der Waals surface area contributed by atoms with Gasteiger partial charge in [0.25, 0.3) is 0 Å². The average molecular weight is 235 g/mol. The number of oxazole rings is 1. The molecule has 0 amide bonds. The van der Waals surface area contributed by atoms with Crippen LogP contribution in [0.2, 0.25) is 0 Å². The largest absolute Gasteiger partial charge is 0.419 e. The molecule has 5 nitrogen and oxygen atoms in total.